The first-order valence-electron chi connectivity index (χ1n) is 5.37. The first-order valence-corrected chi connectivity index (χ1v) is 5.81. The van der Waals surface area contributed by atoms with Gasteiger partial charge in [-0.15, -0.1) is 11.6 Å². The van der Waals surface area contributed by atoms with Crippen LogP contribution in [0.25, 0.3) is 0 Å². The van der Waals surface area contributed by atoms with Crippen LogP contribution in [0.15, 0.2) is 12.4 Å². The maximum absolute atomic E-state index is 6.32. The number of rotatable bonds is 1. The summed E-state index contributed by atoms with van der Waals surface area (Å²) in [7, 11) is 2.03. The number of anilines is 1. The molecular formula is C11H18ClN3. The van der Waals surface area contributed by atoms with E-state index in [2.05, 4.69) is 28.3 Å². The van der Waals surface area contributed by atoms with E-state index in [1.54, 1.807) is 0 Å². The lowest BCUT2D eigenvalue weighted by molar-refractivity contribution is 0.297. The molecule has 2 rings (SSSR count). The second-order valence-corrected chi connectivity index (χ2v) is 5.53. The third-order valence-corrected chi connectivity index (χ3v) is 3.99. The number of halogens is 1. The van der Waals surface area contributed by atoms with Gasteiger partial charge in [0.2, 0.25) is 5.95 Å². The molecule has 1 fully saturated rings. The van der Waals surface area contributed by atoms with Crippen molar-refractivity contribution < 1.29 is 0 Å². The van der Waals surface area contributed by atoms with Crippen molar-refractivity contribution in [1.82, 2.24) is 9.55 Å². The summed E-state index contributed by atoms with van der Waals surface area (Å²) in [6, 6.07) is 0. The Hall–Kier alpha value is -0.700. The molecule has 3 nitrogen and oxygen atoms in total. The Kier molecular flexibility index (Phi) is 2.67. The van der Waals surface area contributed by atoms with Crippen LogP contribution in [-0.2, 0) is 7.05 Å². The van der Waals surface area contributed by atoms with Gasteiger partial charge in [0.1, 0.15) is 0 Å². The van der Waals surface area contributed by atoms with Gasteiger partial charge in [-0.1, -0.05) is 13.8 Å². The van der Waals surface area contributed by atoms with Gasteiger partial charge in [-0.25, -0.2) is 4.98 Å². The molecule has 0 N–H and O–H groups in total. The normalized spacial score (nSPS) is 25.6. The van der Waals surface area contributed by atoms with E-state index in [0.717, 1.165) is 25.5 Å². The van der Waals surface area contributed by atoms with Crippen LogP contribution in [0, 0.1) is 5.41 Å². The third kappa shape index (κ3) is 1.98. The fourth-order valence-corrected chi connectivity index (χ4v) is 2.33. The predicted molar refractivity (Wildman–Crippen MR) is 63.5 cm³/mol. The molecule has 84 valence electrons. The maximum atomic E-state index is 6.32. The molecule has 0 spiro atoms. The standard InChI is InChI=1S/C11H18ClN3/c1-11(2)8-15(6-4-9(11)12)10-13-5-7-14(10)3/h5,7,9H,4,6,8H2,1-3H3. The van der Waals surface area contributed by atoms with Crippen LogP contribution in [0.5, 0.6) is 0 Å². The highest BCUT2D eigenvalue weighted by Gasteiger charge is 2.35. The van der Waals surface area contributed by atoms with E-state index in [4.69, 9.17) is 11.6 Å². The quantitative estimate of drug-likeness (QED) is 0.687. The minimum Gasteiger partial charge on any atom is -0.342 e. The van der Waals surface area contributed by atoms with Crippen LogP contribution in [0.4, 0.5) is 5.95 Å². The molecule has 2 heterocycles. The molecule has 1 aromatic heterocycles. The average Bonchev–Trinajstić information content (AvgIpc) is 2.56. The van der Waals surface area contributed by atoms with Gasteiger partial charge in [0.25, 0.3) is 0 Å². The van der Waals surface area contributed by atoms with Gasteiger partial charge in [0.15, 0.2) is 0 Å². The van der Waals surface area contributed by atoms with E-state index >= 15 is 0 Å². The van der Waals surface area contributed by atoms with Crippen molar-refractivity contribution in [3.8, 4) is 0 Å². The van der Waals surface area contributed by atoms with Gasteiger partial charge in [0, 0.05) is 37.9 Å². The van der Waals surface area contributed by atoms with E-state index in [1.165, 1.54) is 0 Å². The van der Waals surface area contributed by atoms with Gasteiger partial charge in [-0.2, -0.15) is 0 Å². The van der Waals surface area contributed by atoms with Crippen LogP contribution in [0.1, 0.15) is 20.3 Å². The largest absolute Gasteiger partial charge is 0.342 e. The van der Waals surface area contributed by atoms with Crippen molar-refractivity contribution in [3.05, 3.63) is 12.4 Å². The van der Waals surface area contributed by atoms with Gasteiger partial charge >= 0.3 is 0 Å². The van der Waals surface area contributed by atoms with Crippen molar-refractivity contribution in [2.24, 2.45) is 12.5 Å². The zero-order valence-electron chi connectivity index (χ0n) is 9.57. The lowest BCUT2D eigenvalue weighted by Gasteiger charge is -2.41. The Bertz CT molecular complexity index is 345. The molecule has 1 aliphatic heterocycles. The minimum atomic E-state index is 0.158. The molecule has 0 bridgehead atoms. The zero-order chi connectivity index (χ0) is 11.1. The third-order valence-electron chi connectivity index (χ3n) is 3.18. The highest BCUT2D eigenvalue weighted by atomic mass is 35.5. The van der Waals surface area contributed by atoms with Crippen molar-refractivity contribution in [3.63, 3.8) is 0 Å². The van der Waals surface area contributed by atoms with E-state index in [0.29, 0.717) is 0 Å². The number of hydrogen-bond donors (Lipinski definition) is 0. The highest BCUT2D eigenvalue weighted by Crippen LogP contribution is 2.34. The maximum Gasteiger partial charge on any atom is 0.205 e. The molecule has 0 aromatic carbocycles. The van der Waals surface area contributed by atoms with E-state index in [1.807, 2.05) is 19.4 Å². The Labute approximate surface area is 96.0 Å². The summed E-state index contributed by atoms with van der Waals surface area (Å²) in [5, 5.41) is 0.272. The van der Waals surface area contributed by atoms with Gasteiger partial charge in [0.05, 0.1) is 0 Å². The van der Waals surface area contributed by atoms with Crippen LogP contribution >= 0.6 is 11.6 Å². The molecule has 0 amide bonds. The molecule has 4 heteroatoms. The number of piperidine rings is 1. The van der Waals surface area contributed by atoms with Crippen LogP contribution in [0.2, 0.25) is 0 Å². The summed E-state index contributed by atoms with van der Waals surface area (Å²) in [5.41, 5.74) is 0.158. The summed E-state index contributed by atoms with van der Waals surface area (Å²) >= 11 is 6.32. The van der Waals surface area contributed by atoms with Crippen molar-refractivity contribution >= 4 is 17.5 Å². The number of aromatic nitrogens is 2. The first kappa shape index (κ1) is 10.8. The summed E-state index contributed by atoms with van der Waals surface area (Å²) in [4.78, 5) is 6.69. The van der Waals surface area contributed by atoms with Gasteiger partial charge < -0.3 is 9.47 Å². The second-order valence-electron chi connectivity index (χ2n) is 5.00. The summed E-state index contributed by atoms with van der Waals surface area (Å²) in [5.74, 6) is 1.05. The van der Waals surface area contributed by atoms with Crippen LogP contribution in [0.3, 0.4) is 0 Å². The predicted octanol–water partition coefficient (Wildman–Crippen LogP) is 2.26. The number of aryl methyl sites for hydroxylation is 1. The van der Waals surface area contributed by atoms with E-state index in [-0.39, 0.29) is 10.8 Å². The lowest BCUT2D eigenvalue weighted by atomic mass is 9.84. The number of hydrogen-bond acceptors (Lipinski definition) is 2. The summed E-state index contributed by atoms with van der Waals surface area (Å²) in [6.07, 6.45) is 4.85. The Morgan fingerprint density at radius 2 is 2.27 bits per heavy atom. The molecule has 0 aliphatic carbocycles. The Balaban J connectivity index is 2.17. The zero-order valence-corrected chi connectivity index (χ0v) is 10.3. The molecule has 1 saturated heterocycles. The number of imidazole rings is 1. The average molecular weight is 228 g/mol. The van der Waals surface area contributed by atoms with E-state index in [9.17, 15) is 0 Å². The molecular weight excluding hydrogens is 210 g/mol. The summed E-state index contributed by atoms with van der Waals surface area (Å²) in [6.45, 7) is 6.42. The number of nitrogens with zero attached hydrogens (tertiary/aromatic N) is 3. The smallest absolute Gasteiger partial charge is 0.205 e. The number of alkyl halides is 1. The first-order chi connectivity index (χ1) is 7.00. The fourth-order valence-electron chi connectivity index (χ4n) is 2.16. The van der Waals surface area contributed by atoms with Crippen LogP contribution in [-0.4, -0.2) is 28.0 Å². The second kappa shape index (κ2) is 3.71. The van der Waals surface area contributed by atoms with Crippen molar-refractivity contribution in [2.75, 3.05) is 18.0 Å². The Morgan fingerprint density at radius 1 is 1.53 bits per heavy atom. The van der Waals surface area contributed by atoms with Crippen molar-refractivity contribution in [2.45, 2.75) is 25.6 Å². The SMILES string of the molecule is Cn1ccnc1N1CCC(Cl)C(C)(C)C1. The molecule has 0 radical (unpaired) electrons. The Morgan fingerprint density at radius 3 is 2.80 bits per heavy atom. The molecule has 0 saturated carbocycles. The topological polar surface area (TPSA) is 21.1 Å². The van der Waals surface area contributed by atoms with Gasteiger partial charge in [-0.05, 0) is 11.8 Å². The molecule has 1 aliphatic rings. The summed E-state index contributed by atoms with van der Waals surface area (Å²) < 4.78 is 2.06. The lowest BCUT2D eigenvalue weighted by Crippen LogP contribution is -2.47. The molecule has 1 aromatic rings. The van der Waals surface area contributed by atoms with Gasteiger partial charge in [-0.3, -0.25) is 0 Å². The molecule has 1 unspecified atom stereocenters. The molecule has 1 atom stereocenters. The minimum absolute atomic E-state index is 0.158. The highest BCUT2D eigenvalue weighted by molar-refractivity contribution is 6.21. The van der Waals surface area contributed by atoms with E-state index < -0.39 is 0 Å². The van der Waals surface area contributed by atoms with Crippen molar-refractivity contribution in [1.29, 1.82) is 0 Å². The van der Waals surface area contributed by atoms with Crippen LogP contribution < -0.4 is 4.90 Å². The monoisotopic (exact) mass is 227 g/mol. The molecule has 15 heavy (non-hydrogen) atoms. The fraction of sp³-hybridized carbons (Fsp3) is 0.727.